The number of halogens is 2. The Hall–Kier alpha value is -1.89. The third kappa shape index (κ3) is 2.29. The van der Waals surface area contributed by atoms with E-state index in [2.05, 4.69) is 20.9 Å². The van der Waals surface area contributed by atoms with E-state index in [9.17, 15) is 19.1 Å². The van der Waals surface area contributed by atoms with Crippen molar-refractivity contribution in [1.29, 1.82) is 0 Å². The van der Waals surface area contributed by atoms with Crippen LogP contribution in [0.15, 0.2) is 26.2 Å². The zero-order chi connectivity index (χ0) is 15.0. The number of H-pyrrole nitrogens is 1. The number of benzene rings is 1. The Kier molecular flexibility index (Phi) is 3.80. The number of hydrogen-bond donors (Lipinski definition) is 2. The van der Waals surface area contributed by atoms with Gasteiger partial charge in [0, 0.05) is 0 Å². The molecule has 106 valence electrons. The summed E-state index contributed by atoms with van der Waals surface area (Å²) < 4.78 is 14.6. The molecule has 2 aromatic rings. The van der Waals surface area contributed by atoms with Gasteiger partial charge in [0.15, 0.2) is 0 Å². The van der Waals surface area contributed by atoms with Crippen LogP contribution in [-0.2, 0) is 6.42 Å². The second-order valence-electron chi connectivity index (χ2n) is 4.30. The fraction of sp³-hybridized carbons (Fsp3) is 0.231. The molecule has 0 aliphatic heterocycles. The number of nitrogens with zero attached hydrogens (tertiary/aromatic N) is 1. The first-order chi connectivity index (χ1) is 9.36. The van der Waals surface area contributed by atoms with Crippen molar-refractivity contribution >= 4 is 15.9 Å². The Labute approximate surface area is 121 Å². The van der Waals surface area contributed by atoms with E-state index in [0.29, 0.717) is 11.3 Å². The quantitative estimate of drug-likeness (QED) is 0.876. The van der Waals surface area contributed by atoms with Crippen molar-refractivity contribution in [3.63, 3.8) is 0 Å². The molecule has 1 heterocycles. The molecule has 0 aliphatic rings. The summed E-state index contributed by atoms with van der Waals surface area (Å²) in [7, 11) is 0. The minimum absolute atomic E-state index is 0.101. The molecule has 1 aromatic carbocycles. The summed E-state index contributed by atoms with van der Waals surface area (Å²) >= 11 is 3.03. The first kappa shape index (κ1) is 14.5. The second kappa shape index (κ2) is 5.24. The van der Waals surface area contributed by atoms with Crippen LogP contribution < -0.4 is 11.2 Å². The Morgan fingerprint density at radius 3 is 2.65 bits per heavy atom. The zero-order valence-corrected chi connectivity index (χ0v) is 12.4. The lowest BCUT2D eigenvalue weighted by atomic mass is 10.2. The molecule has 0 amide bonds. The van der Waals surface area contributed by atoms with Crippen molar-refractivity contribution < 1.29 is 9.50 Å². The molecule has 0 fully saturated rings. The molecule has 2 rings (SSSR count). The Morgan fingerprint density at radius 2 is 2.05 bits per heavy atom. The van der Waals surface area contributed by atoms with Gasteiger partial charge >= 0.3 is 5.69 Å². The largest absolute Gasteiger partial charge is 0.494 e. The van der Waals surface area contributed by atoms with Gasteiger partial charge in [0.1, 0.15) is 5.82 Å². The molecule has 0 saturated carbocycles. The number of aryl methyl sites for hydroxylation is 1. The molecule has 5 nitrogen and oxygen atoms in total. The SMILES string of the molecule is CCc1c(O)n(-c2cc(Br)c(F)cc2C)c(=O)[nH]c1=O. The van der Waals surface area contributed by atoms with Gasteiger partial charge in [-0.15, -0.1) is 0 Å². The fourth-order valence-corrected chi connectivity index (χ4v) is 2.31. The molecule has 0 atom stereocenters. The second-order valence-corrected chi connectivity index (χ2v) is 5.16. The van der Waals surface area contributed by atoms with E-state index in [1.165, 1.54) is 12.1 Å². The van der Waals surface area contributed by atoms with Gasteiger partial charge in [-0.1, -0.05) is 6.92 Å². The van der Waals surface area contributed by atoms with E-state index in [0.717, 1.165) is 4.57 Å². The van der Waals surface area contributed by atoms with Gasteiger partial charge in [-0.25, -0.2) is 13.8 Å². The molecule has 0 bridgehead atoms. The van der Waals surface area contributed by atoms with Gasteiger partial charge in [0.05, 0.1) is 15.7 Å². The molecule has 0 unspecified atom stereocenters. The zero-order valence-electron chi connectivity index (χ0n) is 10.8. The predicted molar refractivity (Wildman–Crippen MR) is 76.1 cm³/mol. The Balaban J connectivity index is 2.87. The smallest absolute Gasteiger partial charge is 0.335 e. The maximum absolute atomic E-state index is 13.4. The summed E-state index contributed by atoms with van der Waals surface area (Å²) in [5.74, 6) is -0.901. The highest BCUT2D eigenvalue weighted by Gasteiger charge is 2.16. The summed E-state index contributed by atoms with van der Waals surface area (Å²) in [6.45, 7) is 3.29. The van der Waals surface area contributed by atoms with Crippen molar-refractivity contribution in [2.24, 2.45) is 0 Å². The van der Waals surface area contributed by atoms with Crippen LogP contribution in [0.2, 0.25) is 0 Å². The summed E-state index contributed by atoms with van der Waals surface area (Å²) in [4.78, 5) is 25.6. The van der Waals surface area contributed by atoms with Crippen LogP contribution in [0, 0.1) is 12.7 Å². The van der Waals surface area contributed by atoms with Crippen molar-refractivity contribution in [3.8, 4) is 11.6 Å². The van der Waals surface area contributed by atoms with E-state index in [4.69, 9.17) is 0 Å². The third-order valence-electron chi connectivity index (χ3n) is 3.01. The summed E-state index contributed by atoms with van der Waals surface area (Å²) in [5.41, 5.74) is -0.537. The maximum atomic E-state index is 13.4. The van der Waals surface area contributed by atoms with Crippen molar-refractivity contribution in [2.75, 3.05) is 0 Å². The van der Waals surface area contributed by atoms with Crippen molar-refractivity contribution in [2.45, 2.75) is 20.3 Å². The monoisotopic (exact) mass is 342 g/mol. The van der Waals surface area contributed by atoms with Gasteiger partial charge in [-0.3, -0.25) is 9.78 Å². The number of aromatic nitrogens is 2. The van der Waals surface area contributed by atoms with Crippen LogP contribution in [0.1, 0.15) is 18.1 Å². The van der Waals surface area contributed by atoms with Gasteiger partial charge in [0.2, 0.25) is 5.88 Å². The molecule has 1 aromatic heterocycles. The number of nitrogens with one attached hydrogen (secondary N) is 1. The Bertz CT molecular complexity index is 795. The minimum Gasteiger partial charge on any atom is -0.494 e. The number of aromatic amines is 1. The van der Waals surface area contributed by atoms with Crippen LogP contribution >= 0.6 is 15.9 Å². The highest BCUT2D eigenvalue weighted by atomic mass is 79.9. The molecule has 20 heavy (non-hydrogen) atoms. The normalized spacial score (nSPS) is 10.8. The highest BCUT2D eigenvalue weighted by molar-refractivity contribution is 9.10. The average molecular weight is 343 g/mol. The first-order valence-electron chi connectivity index (χ1n) is 5.90. The lowest BCUT2D eigenvalue weighted by Crippen LogP contribution is -2.31. The maximum Gasteiger partial charge on any atom is 0.335 e. The first-order valence-corrected chi connectivity index (χ1v) is 6.69. The van der Waals surface area contributed by atoms with Crippen LogP contribution in [0.25, 0.3) is 5.69 Å². The molecular formula is C13H12BrFN2O3. The van der Waals surface area contributed by atoms with Crippen LogP contribution in [0.5, 0.6) is 5.88 Å². The van der Waals surface area contributed by atoms with Gasteiger partial charge in [0.25, 0.3) is 5.56 Å². The predicted octanol–water partition coefficient (Wildman–Crippen LogP) is 2.00. The minimum atomic E-state index is -0.772. The summed E-state index contributed by atoms with van der Waals surface area (Å²) in [6, 6.07) is 2.62. The fourth-order valence-electron chi connectivity index (χ4n) is 1.98. The molecule has 7 heteroatoms. The summed E-state index contributed by atoms with van der Waals surface area (Å²) in [6.07, 6.45) is 0.267. The van der Waals surface area contributed by atoms with Gasteiger partial charge in [-0.05, 0) is 47.0 Å². The van der Waals surface area contributed by atoms with Crippen LogP contribution in [0.4, 0.5) is 4.39 Å². The Morgan fingerprint density at radius 1 is 1.40 bits per heavy atom. The highest BCUT2D eigenvalue weighted by Crippen LogP contribution is 2.25. The lowest BCUT2D eigenvalue weighted by molar-refractivity contribution is 0.423. The van der Waals surface area contributed by atoms with Crippen molar-refractivity contribution in [3.05, 3.63) is 54.4 Å². The standard InChI is InChI=1S/C13H12BrFN2O3/c1-3-7-11(18)16-13(20)17(12(7)19)10-5-8(14)9(15)4-6(10)2/h4-5,19H,3H2,1-2H3,(H,16,18,20). The number of hydrogen-bond acceptors (Lipinski definition) is 3. The van der Waals surface area contributed by atoms with E-state index in [1.54, 1.807) is 13.8 Å². The summed E-state index contributed by atoms with van der Waals surface area (Å²) in [5, 5.41) is 10.1. The van der Waals surface area contributed by atoms with E-state index < -0.39 is 22.9 Å². The lowest BCUT2D eigenvalue weighted by Gasteiger charge is -2.13. The molecule has 0 aliphatic carbocycles. The van der Waals surface area contributed by atoms with Gasteiger partial charge in [-0.2, -0.15) is 0 Å². The van der Waals surface area contributed by atoms with Gasteiger partial charge < -0.3 is 5.11 Å². The molecule has 0 saturated heterocycles. The molecule has 0 spiro atoms. The number of rotatable bonds is 2. The molecular weight excluding hydrogens is 331 g/mol. The number of aromatic hydroxyl groups is 1. The molecule has 0 radical (unpaired) electrons. The van der Waals surface area contributed by atoms with E-state index >= 15 is 0 Å². The van der Waals surface area contributed by atoms with Crippen LogP contribution in [0.3, 0.4) is 0 Å². The topological polar surface area (TPSA) is 75.1 Å². The van der Waals surface area contributed by atoms with Crippen molar-refractivity contribution in [1.82, 2.24) is 9.55 Å². The average Bonchev–Trinajstić information content (AvgIpc) is 2.35. The molecule has 2 N–H and O–H groups in total. The van der Waals surface area contributed by atoms with E-state index in [-0.39, 0.29) is 16.5 Å². The van der Waals surface area contributed by atoms with E-state index in [1.807, 2.05) is 0 Å². The van der Waals surface area contributed by atoms with Crippen LogP contribution in [-0.4, -0.2) is 14.7 Å². The third-order valence-corrected chi connectivity index (χ3v) is 3.62.